The van der Waals surface area contributed by atoms with Gasteiger partial charge in [-0.1, -0.05) is 23.7 Å². The number of benzene rings is 1. The first-order valence-corrected chi connectivity index (χ1v) is 17.9. The van der Waals surface area contributed by atoms with Crippen LogP contribution in [0.1, 0.15) is 58.5 Å². The molecule has 3 heterocycles. The molecule has 1 aromatic carbocycles. The summed E-state index contributed by atoms with van der Waals surface area (Å²) >= 11 is 7.90. The van der Waals surface area contributed by atoms with Crippen molar-refractivity contribution >= 4 is 34.4 Å². The lowest BCUT2D eigenvalue weighted by molar-refractivity contribution is -0.119. The predicted molar refractivity (Wildman–Crippen MR) is 189 cm³/mol. The lowest BCUT2D eigenvalue weighted by Crippen LogP contribution is -2.14. The van der Waals surface area contributed by atoms with Crippen molar-refractivity contribution < 1.29 is 38.0 Å². The molecule has 0 bridgehead atoms. The third-order valence-electron chi connectivity index (χ3n) is 7.81. The summed E-state index contributed by atoms with van der Waals surface area (Å²) in [5.74, 6) is 1.56. The molecule has 0 N–H and O–H groups in total. The molecule has 0 radical (unpaired) electrons. The van der Waals surface area contributed by atoms with E-state index in [2.05, 4.69) is 28.6 Å². The number of aryl methyl sites for hydroxylation is 2. The highest BCUT2D eigenvalue weighted by atomic mass is 35.5. The highest BCUT2D eigenvalue weighted by molar-refractivity contribution is 7.15. The van der Waals surface area contributed by atoms with E-state index in [-0.39, 0.29) is 12.2 Å². The Bertz CT molecular complexity index is 1460. The number of rotatable bonds is 25. The molecule has 0 aliphatic carbocycles. The SMILES string of the molecule is COCCOCCOCCOCCOCCOCCOCCCC(=O)C[C@@H]1N=C(c2ccc(Cl)cc2)c2c(sc(C)c2C)-n2c(C)nnc21. The van der Waals surface area contributed by atoms with Crippen LogP contribution in [-0.4, -0.2) is 119 Å². The van der Waals surface area contributed by atoms with Gasteiger partial charge in [0.25, 0.3) is 0 Å². The fourth-order valence-electron chi connectivity index (χ4n) is 5.17. The normalized spacial score (nSPS) is 14.1. The summed E-state index contributed by atoms with van der Waals surface area (Å²) in [7, 11) is 1.64. The number of carbonyl (C=O) groups excluding carboxylic acids is 1. The first-order chi connectivity index (χ1) is 23.9. The number of ether oxygens (including phenoxy) is 7. The van der Waals surface area contributed by atoms with E-state index in [9.17, 15) is 4.79 Å². The maximum absolute atomic E-state index is 13.2. The Hall–Kier alpha value is -2.59. The van der Waals surface area contributed by atoms with Gasteiger partial charge in [-0.25, -0.2) is 0 Å². The van der Waals surface area contributed by atoms with Crippen molar-refractivity contribution in [2.24, 2.45) is 4.99 Å². The quantitative estimate of drug-likeness (QED) is 0.107. The largest absolute Gasteiger partial charge is 0.382 e. The van der Waals surface area contributed by atoms with E-state index in [0.717, 1.165) is 33.2 Å². The van der Waals surface area contributed by atoms with Gasteiger partial charge in [-0.3, -0.25) is 14.4 Å². The average Bonchev–Trinajstić information content (AvgIpc) is 3.57. The van der Waals surface area contributed by atoms with Crippen LogP contribution in [0.3, 0.4) is 0 Å². The van der Waals surface area contributed by atoms with Crippen molar-refractivity contribution in [3.63, 3.8) is 0 Å². The van der Waals surface area contributed by atoms with Crippen molar-refractivity contribution in [3.8, 4) is 5.00 Å². The van der Waals surface area contributed by atoms with Gasteiger partial charge < -0.3 is 33.2 Å². The monoisotopic (exact) mass is 720 g/mol. The molecule has 3 aromatic rings. The van der Waals surface area contributed by atoms with Gasteiger partial charge in [0, 0.05) is 47.6 Å². The standard InChI is InChI=1S/C35H49ClN4O8S/c1-25-26(2)49-35-32(25)33(28-7-9-29(36)10-8-28)37-31(34-39-38-27(3)40(34)35)24-30(41)6-5-11-43-14-15-45-18-19-47-22-23-48-21-20-46-17-16-44-13-12-42-4/h7-10,31H,5-6,11-24H2,1-4H3/t31-/m0/s1. The molecule has 1 aliphatic rings. The molecular formula is C35H49ClN4O8S. The second-order valence-corrected chi connectivity index (χ2v) is 13.1. The number of ketones is 1. The molecule has 0 unspecified atom stereocenters. The Morgan fingerprint density at radius 2 is 1.31 bits per heavy atom. The van der Waals surface area contributed by atoms with Crippen LogP contribution < -0.4 is 0 Å². The van der Waals surface area contributed by atoms with E-state index in [1.807, 2.05) is 31.2 Å². The van der Waals surface area contributed by atoms with Crippen LogP contribution >= 0.6 is 22.9 Å². The molecule has 0 saturated heterocycles. The molecule has 270 valence electrons. The number of carbonyl (C=O) groups is 1. The Kier molecular flexibility index (Phi) is 17.3. The molecule has 49 heavy (non-hydrogen) atoms. The van der Waals surface area contributed by atoms with Crippen LogP contribution in [0.25, 0.3) is 5.00 Å². The molecule has 14 heteroatoms. The van der Waals surface area contributed by atoms with Crippen LogP contribution in [0.15, 0.2) is 29.3 Å². The van der Waals surface area contributed by atoms with E-state index in [0.29, 0.717) is 110 Å². The highest BCUT2D eigenvalue weighted by Crippen LogP contribution is 2.39. The molecule has 4 rings (SSSR count). The van der Waals surface area contributed by atoms with Gasteiger partial charge in [-0.15, -0.1) is 21.5 Å². The fraction of sp³-hybridized carbons (Fsp3) is 0.600. The van der Waals surface area contributed by atoms with Crippen LogP contribution in [0.4, 0.5) is 0 Å². The van der Waals surface area contributed by atoms with Crippen LogP contribution in [0.2, 0.25) is 5.02 Å². The van der Waals surface area contributed by atoms with Crippen molar-refractivity contribution in [1.82, 2.24) is 14.8 Å². The lowest BCUT2D eigenvalue weighted by Gasteiger charge is -2.12. The summed E-state index contributed by atoms with van der Waals surface area (Å²) < 4.78 is 40.0. The smallest absolute Gasteiger partial charge is 0.163 e. The zero-order chi connectivity index (χ0) is 34.8. The van der Waals surface area contributed by atoms with E-state index < -0.39 is 6.04 Å². The molecule has 1 atom stereocenters. The summed E-state index contributed by atoms with van der Waals surface area (Å²) in [5.41, 5.74) is 4.00. The van der Waals surface area contributed by atoms with Crippen molar-refractivity contribution in [3.05, 3.63) is 62.5 Å². The van der Waals surface area contributed by atoms with Gasteiger partial charge in [-0.05, 0) is 44.9 Å². The average molecular weight is 721 g/mol. The van der Waals surface area contributed by atoms with Crippen molar-refractivity contribution in [2.45, 2.75) is 46.1 Å². The van der Waals surface area contributed by atoms with Gasteiger partial charge in [0.15, 0.2) is 5.82 Å². The molecule has 2 aromatic heterocycles. The Morgan fingerprint density at radius 1 is 0.776 bits per heavy atom. The third kappa shape index (κ3) is 12.3. The maximum atomic E-state index is 13.2. The summed E-state index contributed by atoms with van der Waals surface area (Å²) in [4.78, 5) is 19.6. The first kappa shape index (κ1) is 39.2. The zero-order valence-electron chi connectivity index (χ0n) is 29.0. The number of Topliss-reactive ketones (excluding diaryl/α,β-unsaturated/α-hetero) is 1. The topological polar surface area (TPSA) is 125 Å². The van der Waals surface area contributed by atoms with Gasteiger partial charge in [-0.2, -0.15) is 0 Å². The highest BCUT2D eigenvalue weighted by Gasteiger charge is 2.32. The number of hydrogen-bond acceptors (Lipinski definition) is 12. The van der Waals surface area contributed by atoms with Gasteiger partial charge in [0.1, 0.15) is 22.7 Å². The molecule has 0 fully saturated rings. The fourth-order valence-corrected chi connectivity index (χ4v) is 6.51. The molecular weight excluding hydrogens is 672 g/mol. The van der Waals surface area contributed by atoms with Gasteiger partial charge >= 0.3 is 0 Å². The summed E-state index contributed by atoms with van der Waals surface area (Å²) in [6, 6.07) is 7.22. The second-order valence-electron chi connectivity index (χ2n) is 11.4. The predicted octanol–water partition coefficient (Wildman–Crippen LogP) is 5.28. The number of methoxy groups -OCH3 is 1. The number of halogens is 1. The molecule has 1 aliphatic heterocycles. The summed E-state index contributed by atoms with van der Waals surface area (Å²) in [5, 5.41) is 10.6. The van der Waals surface area contributed by atoms with Crippen molar-refractivity contribution in [1.29, 1.82) is 0 Å². The third-order valence-corrected chi connectivity index (χ3v) is 9.26. The van der Waals surface area contributed by atoms with Crippen LogP contribution in [0.5, 0.6) is 0 Å². The van der Waals surface area contributed by atoms with Gasteiger partial charge in [0.2, 0.25) is 0 Å². The minimum atomic E-state index is -0.460. The Morgan fingerprint density at radius 3 is 1.86 bits per heavy atom. The first-order valence-electron chi connectivity index (χ1n) is 16.7. The molecule has 0 amide bonds. The lowest BCUT2D eigenvalue weighted by atomic mass is 9.99. The number of aromatic nitrogens is 3. The Balaban J connectivity index is 1.10. The number of hydrogen-bond donors (Lipinski definition) is 0. The molecule has 0 spiro atoms. The maximum Gasteiger partial charge on any atom is 0.163 e. The molecule has 12 nitrogen and oxygen atoms in total. The minimum absolute atomic E-state index is 0.103. The van der Waals surface area contributed by atoms with Crippen LogP contribution in [-0.2, 0) is 38.0 Å². The van der Waals surface area contributed by atoms with E-state index in [1.165, 1.54) is 4.88 Å². The van der Waals surface area contributed by atoms with Gasteiger partial charge in [0.05, 0.1) is 85.0 Å². The number of aliphatic imine (C=N–C) groups is 1. The summed E-state index contributed by atoms with van der Waals surface area (Å²) in [6.45, 7) is 12.8. The number of fused-ring (bicyclic) bond motifs is 3. The van der Waals surface area contributed by atoms with E-state index in [1.54, 1.807) is 18.4 Å². The zero-order valence-corrected chi connectivity index (χ0v) is 30.6. The number of nitrogens with zero attached hydrogens (tertiary/aromatic N) is 4. The second kappa shape index (κ2) is 21.6. The number of thiophene rings is 1. The minimum Gasteiger partial charge on any atom is -0.382 e. The van der Waals surface area contributed by atoms with Crippen LogP contribution in [0, 0.1) is 20.8 Å². The van der Waals surface area contributed by atoms with E-state index >= 15 is 0 Å². The van der Waals surface area contributed by atoms with Crippen molar-refractivity contribution in [2.75, 3.05) is 93.0 Å². The Labute approximate surface area is 298 Å². The summed E-state index contributed by atoms with van der Waals surface area (Å²) in [6.07, 6.45) is 1.24. The van der Waals surface area contributed by atoms with E-state index in [4.69, 9.17) is 49.8 Å². The molecule has 0 saturated carbocycles.